The van der Waals surface area contributed by atoms with Gasteiger partial charge in [-0.3, -0.25) is 0 Å². The molecule has 0 aromatic heterocycles. The molecule has 4 aliphatic heterocycles. The van der Waals surface area contributed by atoms with E-state index in [1.807, 2.05) is 0 Å². The predicted octanol–water partition coefficient (Wildman–Crippen LogP) is 2.65. The minimum absolute atomic E-state index is 0.224. The Hall–Kier alpha value is 0.230. The maximum atomic E-state index is 6.17. The topological polar surface area (TPSA) is 24.5 Å². The Kier molecular flexibility index (Phi) is 4.25. The van der Waals surface area contributed by atoms with Gasteiger partial charge in [0.25, 0.3) is 0 Å². The number of nitrogens with zero attached hydrogens (tertiary/aromatic N) is 1. The van der Waals surface area contributed by atoms with Gasteiger partial charge in [0, 0.05) is 36.5 Å². The van der Waals surface area contributed by atoms with Gasteiger partial charge in [-0.15, -0.1) is 0 Å². The van der Waals surface area contributed by atoms with Crippen LogP contribution in [0.5, 0.6) is 0 Å². The molecule has 0 saturated carbocycles. The molecular formula is C17H30N2OS. The number of piperidine rings is 2. The Labute approximate surface area is 133 Å². The summed E-state index contributed by atoms with van der Waals surface area (Å²) in [5.41, 5.74) is 0.224. The maximum absolute atomic E-state index is 6.17. The third kappa shape index (κ3) is 3.01. The summed E-state index contributed by atoms with van der Waals surface area (Å²) in [7, 11) is 2.35. The summed E-state index contributed by atoms with van der Waals surface area (Å²) in [6.07, 6.45) is 10.8. The smallest absolute Gasteiger partial charge is 0.0795 e. The van der Waals surface area contributed by atoms with E-state index < -0.39 is 0 Å². The molecule has 4 heteroatoms. The summed E-state index contributed by atoms with van der Waals surface area (Å²) < 4.78 is 6.17. The van der Waals surface area contributed by atoms with E-state index in [9.17, 15) is 0 Å². The molecule has 4 rings (SSSR count). The summed E-state index contributed by atoms with van der Waals surface area (Å²) in [5.74, 6) is 2.52. The highest BCUT2D eigenvalue weighted by Crippen LogP contribution is 2.39. The largest absolute Gasteiger partial charge is 0.374 e. The fraction of sp³-hybridized carbons (Fsp3) is 1.00. The summed E-state index contributed by atoms with van der Waals surface area (Å²) in [6, 6.07) is 3.13. The van der Waals surface area contributed by atoms with Crippen molar-refractivity contribution in [3.05, 3.63) is 0 Å². The van der Waals surface area contributed by atoms with Gasteiger partial charge in [0.1, 0.15) is 0 Å². The van der Waals surface area contributed by atoms with Gasteiger partial charge in [-0.1, -0.05) is 6.42 Å². The Morgan fingerprint density at radius 2 is 1.95 bits per heavy atom. The van der Waals surface area contributed by atoms with E-state index in [1.54, 1.807) is 0 Å². The minimum atomic E-state index is 0.224. The zero-order valence-corrected chi connectivity index (χ0v) is 14.2. The molecule has 4 atom stereocenters. The molecule has 0 amide bonds. The molecule has 3 nitrogen and oxygen atoms in total. The predicted molar refractivity (Wildman–Crippen MR) is 89.0 cm³/mol. The maximum Gasteiger partial charge on any atom is 0.0795 e. The number of ether oxygens (including phenoxy) is 1. The summed E-state index contributed by atoms with van der Waals surface area (Å²) in [6.45, 7) is 0.970. The van der Waals surface area contributed by atoms with Crippen molar-refractivity contribution in [2.45, 2.75) is 81.1 Å². The Morgan fingerprint density at radius 3 is 2.67 bits per heavy atom. The van der Waals surface area contributed by atoms with E-state index in [0.29, 0.717) is 6.04 Å². The van der Waals surface area contributed by atoms with Gasteiger partial charge in [0.05, 0.1) is 5.60 Å². The van der Waals surface area contributed by atoms with E-state index in [0.717, 1.165) is 24.7 Å². The minimum Gasteiger partial charge on any atom is -0.374 e. The number of thioether (sulfide) groups is 1. The van der Waals surface area contributed by atoms with Crippen molar-refractivity contribution in [1.82, 2.24) is 10.2 Å². The van der Waals surface area contributed by atoms with Crippen molar-refractivity contribution in [1.29, 1.82) is 0 Å². The average Bonchev–Trinajstić information content (AvgIpc) is 2.88. The van der Waals surface area contributed by atoms with Gasteiger partial charge >= 0.3 is 0 Å². The van der Waals surface area contributed by atoms with Crippen LogP contribution < -0.4 is 5.32 Å². The van der Waals surface area contributed by atoms with Crippen LogP contribution in [0.2, 0.25) is 0 Å². The number of fused-ring (bicyclic) bond motifs is 2. The van der Waals surface area contributed by atoms with E-state index in [1.165, 1.54) is 62.9 Å². The van der Waals surface area contributed by atoms with Crippen LogP contribution in [-0.4, -0.2) is 59.8 Å². The molecule has 4 aliphatic rings. The zero-order valence-electron chi connectivity index (χ0n) is 13.4. The van der Waals surface area contributed by atoms with Crippen LogP contribution in [0, 0.1) is 0 Å². The van der Waals surface area contributed by atoms with E-state index >= 15 is 0 Å². The molecule has 2 bridgehead atoms. The van der Waals surface area contributed by atoms with E-state index in [-0.39, 0.29) is 5.60 Å². The van der Waals surface area contributed by atoms with Crippen LogP contribution in [0.4, 0.5) is 0 Å². The molecule has 4 fully saturated rings. The normalized spacial score (nSPS) is 47.9. The molecule has 1 N–H and O–H groups in total. The van der Waals surface area contributed by atoms with Crippen LogP contribution >= 0.6 is 11.8 Å². The highest BCUT2D eigenvalue weighted by Gasteiger charge is 2.42. The van der Waals surface area contributed by atoms with Gasteiger partial charge in [-0.05, 0) is 57.7 Å². The first-order chi connectivity index (χ1) is 10.2. The van der Waals surface area contributed by atoms with Crippen molar-refractivity contribution < 1.29 is 4.74 Å². The fourth-order valence-electron chi connectivity index (χ4n) is 5.12. The van der Waals surface area contributed by atoms with Gasteiger partial charge in [-0.2, -0.15) is 11.8 Å². The second-order valence-electron chi connectivity index (χ2n) is 7.76. The van der Waals surface area contributed by atoms with E-state index in [2.05, 4.69) is 29.0 Å². The highest BCUT2D eigenvalue weighted by molar-refractivity contribution is 7.99. The van der Waals surface area contributed by atoms with Crippen LogP contribution in [0.15, 0.2) is 0 Å². The third-order valence-corrected chi connectivity index (χ3v) is 7.59. The quantitative estimate of drug-likeness (QED) is 0.847. The first kappa shape index (κ1) is 14.8. The van der Waals surface area contributed by atoms with Crippen molar-refractivity contribution in [3.63, 3.8) is 0 Å². The Morgan fingerprint density at radius 1 is 1.14 bits per heavy atom. The molecule has 4 heterocycles. The van der Waals surface area contributed by atoms with Crippen molar-refractivity contribution in [3.8, 4) is 0 Å². The SMILES string of the molecule is CN1C2CCCC1CC(NC1CCOC3(CCSC3)C1)C2. The summed E-state index contributed by atoms with van der Waals surface area (Å²) in [5, 5.41) is 4.04. The van der Waals surface area contributed by atoms with Gasteiger partial charge in [0.15, 0.2) is 0 Å². The van der Waals surface area contributed by atoms with Gasteiger partial charge < -0.3 is 15.0 Å². The fourth-order valence-corrected chi connectivity index (χ4v) is 6.50. The third-order valence-electron chi connectivity index (χ3n) is 6.37. The molecule has 0 aliphatic carbocycles. The van der Waals surface area contributed by atoms with Crippen molar-refractivity contribution in [2.75, 3.05) is 25.2 Å². The number of hydrogen-bond acceptors (Lipinski definition) is 4. The lowest BCUT2D eigenvalue weighted by molar-refractivity contribution is -0.0735. The average molecular weight is 311 g/mol. The van der Waals surface area contributed by atoms with Crippen LogP contribution in [0.1, 0.15) is 51.4 Å². The zero-order chi connectivity index (χ0) is 14.3. The molecular weight excluding hydrogens is 280 g/mol. The van der Waals surface area contributed by atoms with E-state index in [4.69, 9.17) is 4.74 Å². The number of nitrogens with one attached hydrogen (secondary N) is 1. The lowest BCUT2D eigenvalue weighted by Crippen LogP contribution is -2.57. The molecule has 21 heavy (non-hydrogen) atoms. The standard InChI is InChI=1S/C17H30N2OS/c1-19-15-3-2-4-16(19)10-14(9-15)18-13-5-7-20-17(11-13)6-8-21-12-17/h13-16,18H,2-12H2,1H3. The number of rotatable bonds is 2. The lowest BCUT2D eigenvalue weighted by Gasteiger charge is -2.48. The molecule has 0 aromatic carbocycles. The molecule has 0 aromatic rings. The second-order valence-corrected chi connectivity index (χ2v) is 8.87. The summed E-state index contributed by atoms with van der Waals surface area (Å²) in [4.78, 5) is 2.67. The van der Waals surface area contributed by atoms with Crippen LogP contribution in [0.3, 0.4) is 0 Å². The monoisotopic (exact) mass is 310 g/mol. The second kappa shape index (κ2) is 6.03. The molecule has 120 valence electrons. The molecule has 4 unspecified atom stereocenters. The highest BCUT2D eigenvalue weighted by atomic mass is 32.2. The van der Waals surface area contributed by atoms with Crippen molar-refractivity contribution in [2.24, 2.45) is 0 Å². The molecule has 0 radical (unpaired) electrons. The lowest BCUT2D eigenvalue weighted by atomic mass is 9.81. The number of hydrogen-bond donors (Lipinski definition) is 1. The van der Waals surface area contributed by atoms with Crippen LogP contribution in [-0.2, 0) is 4.74 Å². The first-order valence-electron chi connectivity index (χ1n) is 8.94. The van der Waals surface area contributed by atoms with Gasteiger partial charge in [-0.25, -0.2) is 0 Å². The van der Waals surface area contributed by atoms with Gasteiger partial charge in [0.2, 0.25) is 0 Å². The first-order valence-corrected chi connectivity index (χ1v) is 10.1. The van der Waals surface area contributed by atoms with Crippen molar-refractivity contribution >= 4 is 11.8 Å². The summed E-state index contributed by atoms with van der Waals surface area (Å²) >= 11 is 2.08. The Balaban J connectivity index is 1.35. The molecule has 4 saturated heterocycles. The van der Waals surface area contributed by atoms with Crippen LogP contribution in [0.25, 0.3) is 0 Å². The molecule has 1 spiro atoms. The Bertz CT molecular complexity index is 358.